The zero-order valence-corrected chi connectivity index (χ0v) is 12.0. The lowest BCUT2D eigenvalue weighted by molar-refractivity contribution is -0.134. The van der Waals surface area contributed by atoms with Crippen LogP contribution in [-0.2, 0) is 20.6 Å². The number of rotatable bonds is 3. The van der Waals surface area contributed by atoms with E-state index < -0.39 is 16.3 Å². The van der Waals surface area contributed by atoms with Crippen molar-refractivity contribution >= 4 is 22.6 Å². The third kappa shape index (κ3) is 2.75. The molecule has 0 fully saturated rings. The zero-order valence-electron chi connectivity index (χ0n) is 11.2. The van der Waals surface area contributed by atoms with Gasteiger partial charge in [-0.05, 0) is 28.6 Å². The molecule has 0 saturated heterocycles. The maximum absolute atomic E-state index is 12.0. The van der Waals surface area contributed by atoms with Crippen LogP contribution in [0.3, 0.4) is 0 Å². The van der Waals surface area contributed by atoms with E-state index in [1.54, 1.807) is 12.2 Å². The van der Waals surface area contributed by atoms with Crippen molar-refractivity contribution in [1.29, 1.82) is 0 Å². The van der Waals surface area contributed by atoms with Crippen LogP contribution in [0.15, 0.2) is 59.7 Å². The summed E-state index contributed by atoms with van der Waals surface area (Å²) < 4.78 is 27.0. The summed E-state index contributed by atoms with van der Waals surface area (Å²) in [6.45, 7) is 0.227. The fourth-order valence-corrected chi connectivity index (χ4v) is 2.96. The molecule has 2 aliphatic rings. The van der Waals surface area contributed by atoms with E-state index in [0.717, 1.165) is 16.7 Å². The molecule has 21 heavy (non-hydrogen) atoms. The quantitative estimate of drug-likeness (QED) is 0.633. The number of allylic oxidation sites excluding steroid dienone is 2. The SMILES string of the molecule is O=C1OCC(C2=CCC(S(=O)[O-])C=C2)=C1c1ccccc1. The van der Waals surface area contributed by atoms with Crippen LogP contribution in [0.25, 0.3) is 5.57 Å². The van der Waals surface area contributed by atoms with Crippen molar-refractivity contribution in [3.05, 3.63) is 65.3 Å². The highest BCUT2D eigenvalue weighted by molar-refractivity contribution is 7.80. The smallest absolute Gasteiger partial charge is 0.339 e. The molecular weight excluding hydrogens is 288 g/mol. The molecule has 0 saturated carbocycles. The van der Waals surface area contributed by atoms with E-state index in [9.17, 15) is 13.6 Å². The van der Waals surface area contributed by atoms with Crippen LogP contribution in [0, 0.1) is 0 Å². The molecule has 0 amide bonds. The van der Waals surface area contributed by atoms with Crippen molar-refractivity contribution in [3.8, 4) is 0 Å². The van der Waals surface area contributed by atoms with Crippen molar-refractivity contribution < 1.29 is 18.3 Å². The van der Waals surface area contributed by atoms with Gasteiger partial charge in [0.05, 0.1) is 5.57 Å². The molecule has 2 unspecified atom stereocenters. The molecule has 0 N–H and O–H groups in total. The van der Waals surface area contributed by atoms with Crippen molar-refractivity contribution in [2.45, 2.75) is 11.7 Å². The monoisotopic (exact) mass is 301 g/mol. The first kappa shape index (κ1) is 14.0. The molecule has 108 valence electrons. The Morgan fingerprint density at radius 2 is 2.00 bits per heavy atom. The Morgan fingerprint density at radius 3 is 2.62 bits per heavy atom. The predicted molar refractivity (Wildman–Crippen MR) is 78.9 cm³/mol. The molecule has 1 aliphatic carbocycles. The number of benzene rings is 1. The molecule has 1 aromatic carbocycles. The lowest BCUT2D eigenvalue weighted by atomic mass is 9.93. The molecule has 1 heterocycles. The standard InChI is InChI=1S/C16H14O4S/c17-16-15(12-4-2-1-3-5-12)14(10-20-16)11-6-8-13(9-7-11)21(18)19/h1-8,13H,9-10H2,(H,18,19)/p-1. The summed E-state index contributed by atoms with van der Waals surface area (Å²) in [5.74, 6) is -0.333. The van der Waals surface area contributed by atoms with E-state index in [-0.39, 0.29) is 12.6 Å². The molecule has 0 aromatic heterocycles. The number of esters is 1. The summed E-state index contributed by atoms with van der Waals surface area (Å²) in [5, 5.41) is -0.493. The highest BCUT2D eigenvalue weighted by atomic mass is 32.2. The van der Waals surface area contributed by atoms with Crippen molar-refractivity contribution in [1.82, 2.24) is 0 Å². The molecule has 1 aliphatic heterocycles. The number of hydrogen-bond donors (Lipinski definition) is 0. The second-order valence-corrected chi connectivity index (χ2v) is 5.98. The van der Waals surface area contributed by atoms with E-state index in [1.807, 2.05) is 36.4 Å². The Balaban J connectivity index is 1.97. The van der Waals surface area contributed by atoms with Crippen LogP contribution in [0.5, 0.6) is 0 Å². The first-order valence-corrected chi connectivity index (χ1v) is 7.73. The summed E-state index contributed by atoms with van der Waals surface area (Å²) in [6, 6.07) is 9.35. The van der Waals surface area contributed by atoms with E-state index in [0.29, 0.717) is 12.0 Å². The van der Waals surface area contributed by atoms with Gasteiger partial charge >= 0.3 is 5.97 Å². The Labute approximate surface area is 125 Å². The van der Waals surface area contributed by atoms with Gasteiger partial charge in [0, 0.05) is 10.8 Å². The van der Waals surface area contributed by atoms with Gasteiger partial charge in [0.25, 0.3) is 0 Å². The Bertz CT molecular complexity index is 685. The number of carbonyl (C=O) groups excluding carboxylic acids is 1. The predicted octanol–water partition coefficient (Wildman–Crippen LogP) is 2.13. The van der Waals surface area contributed by atoms with E-state index in [2.05, 4.69) is 0 Å². The highest BCUT2D eigenvalue weighted by Gasteiger charge is 2.28. The maximum atomic E-state index is 12.0. The third-order valence-corrected chi connectivity index (χ3v) is 4.42. The lowest BCUT2D eigenvalue weighted by Gasteiger charge is -2.19. The van der Waals surface area contributed by atoms with Gasteiger partial charge in [-0.3, -0.25) is 4.21 Å². The van der Waals surface area contributed by atoms with Gasteiger partial charge in [-0.15, -0.1) is 0 Å². The first-order chi connectivity index (χ1) is 10.2. The Hall–Kier alpha value is -1.98. The molecule has 3 rings (SSSR count). The summed E-state index contributed by atoms with van der Waals surface area (Å²) >= 11 is -2.12. The average molecular weight is 301 g/mol. The Kier molecular flexibility index (Phi) is 3.86. The van der Waals surface area contributed by atoms with Crippen LogP contribution in [-0.4, -0.2) is 26.6 Å². The maximum Gasteiger partial charge on any atom is 0.339 e. The van der Waals surface area contributed by atoms with Gasteiger partial charge in [-0.25, -0.2) is 4.79 Å². The van der Waals surface area contributed by atoms with Gasteiger partial charge in [-0.2, -0.15) is 0 Å². The van der Waals surface area contributed by atoms with Gasteiger partial charge in [-0.1, -0.05) is 48.6 Å². The summed E-state index contributed by atoms with van der Waals surface area (Å²) in [7, 11) is 0. The molecular formula is C16H13O4S-. The molecule has 0 bridgehead atoms. The third-order valence-electron chi connectivity index (χ3n) is 3.57. The van der Waals surface area contributed by atoms with Crippen LogP contribution < -0.4 is 0 Å². The minimum atomic E-state index is -2.12. The lowest BCUT2D eigenvalue weighted by Crippen LogP contribution is -2.13. The summed E-state index contributed by atoms with van der Waals surface area (Å²) in [6.07, 6.45) is 5.67. The number of carbonyl (C=O) groups is 1. The number of cyclic esters (lactones) is 1. The van der Waals surface area contributed by atoms with E-state index >= 15 is 0 Å². The van der Waals surface area contributed by atoms with Crippen molar-refractivity contribution in [2.24, 2.45) is 0 Å². The molecule has 0 spiro atoms. The van der Waals surface area contributed by atoms with E-state index in [4.69, 9.17) is 4.74 Å². The summed E-state index contributed by atoms with van der Waals surface area (Å²) in [5.41, 5.74) is 3.06. The second-order valence-electron chi connectivity index (χ2n) is 4.85. The zero-order chi connectivity index (χ0) is 14.8. The molecule has 2 atom stereocenters. The largest absolute Gasteiger partial charge is 0.772 e. The fraction of sp³-hybridized carbons (Fsp3) is 0.188. The van der Waals surface area contributed by atoms with Gasteiger partial charge in [0.2, 0.25) is 0 Å². The number of ether oxygens (including phenoxy) is 1. The highest BCUT2D eigenvalue weighted by Crippen LogP contribution is 2.33. The minimum Gasteiger partial charge on any atom is -0.772 e. The minimum absolute atomic E-state index is 0.227. The molecule has 4 nitrogen and oxygen atoms in total. The van der Waals surface area contributed by atoms with E-state index in [1.165, 1.54) is 0 Å². The fourth-order valence-electron chi connectivity index (χ4n) is 2.50. The van der Waals surface area contributed by atoms with Gasteiger partial charge in [0.15, 0.2) is 0 Å². The molecule has 1 aromatic rings. The topological polar surface area (TPSA) is 66.4 Å². The van der Waals surface area contributed by atoms with Crippen molar-refractivity contribution in [3.63, 3.8) is 0 Å². The first-order valence-electron chi connectivity index (χ1n) is 6.59. The van der Waals surface area contributed by atoms with Gasteiger partial charge < -0.3 is 9.29 Å². The molecule has 0 radical (unpaired) electrons. The van der Waals surface area contributed by atoms with Crippen molar-refractivity contribution in [2.75, 3.05) is 6.61 Å². The Morgan fingerprint density at radius 1 is 1.24 bits per heavy atom. The normalized spacial score (nSPS) is 23.0. The second kappa shape index (κ2) is 5.79. The van der Waals surface area contributed by atoms with Crippen LogP contribution in [0.1, 0.15) is 12.0 Å². The number of hydrogen-bond acceptors (Lipinski definition) is 4. The molecule has 5 heteroatoms. The average Bonchev–Trinajstić information content (AvgIpc) is 2.90. The van der Waals surface area contributed by atoms with Gasteiger partial charge in [0.1, 0.15) is 6.61 Å². The van der Waals surface area contributed by atoms with Crippen LogP contribution >= 0.6 is 0 Å². The van der Waals surface area contributed by atoms with Crippen LogP contribution in [0.4, 0.5) is 0 Å². The summed E-state index contributed by atoms with van der Waals surface area (Å²) in [4.78, 5) is 12.0. The van der Waals surface area contributed by atoms with Crippen LogP contribution in [0.2, 0.25) is 0 Å².